The lowest BCUT2D eigenvalue weighted by Gasteiger charge is -2.31. The zero-order valence-corrected chi connectivity index (χ0v) is 18.5. The summed E-state index contributed by atoms with van der Waals surface area (Å²) in [6.45, 7) is 4.66. The zero-order chi connectivity index (χ0) is 20.3. The Morgan fingerprint density at radius 1 is 1.25 bits per heavy atom. The minimum atomic E-state index is -3.58. The highest BCUT2D eigenvalue weighted by Crippen LogP contribution is 2.29. The van der Waals surface area contributed by atoms with Crippen LogP contribution in [0.5, 0.6) is 0 Å². The number of rotatable bonds is 5. The number of piperidine rings is 1. The number of carbonyl (C=O) groups excluding carboxylic acids is 1. The van der Waals surface area contributed by atoms with Crippen molar-refractivity contribution in [1.29, 1.82) is 0 Å². The van der Waals surface area contributed by atoms with Gasteiger partial charge in [0.05, 0.1) is 10.8 Å². The van der Waals surface area contributed by atoms with E-state index >= 15 is 0 Å². The molecule has 1 heterocycles. The first-order chi connectivity index (χ1) is 13.3. The summed E-state index contributed by atoms with van der Waals surface area (Å²) in [5, 5.41) is 3.06. The standard InChI is InChI=1S/C21H25BrN2O3S/c1-3-16-13-18(22)12-15(2)20(16)23-21(25)17-8-7-11-24(14-17)28(26,27)19-9-5-4-6-10-19/h4-6,9-10,12-13,17H,3,7-8,11,14H2,1-2H3,(H,23,25)/t17-/m1/s1. The molecule has 7 heteroatoms. The molecule has 0 bridgehead atoms. The van der Waals surface area contributed by atoms with Crippen molar-refractivity contribution < 1.29 is 13.2 Å². The fourth-order valence-corrected chi connectivity index (χ4v) is 5.78. The largest absolute Gasteiger partial charge is 0.325 e. The maximum Gasteiger partial charge on any atom is 0.243 e. The molecule has 1 aliphatic rings. The minimum absolute atomic E-state index is 0.118. The lowest BCUT2D eigenvalue weighted by Crippen LogP contribution is -2.43. The van der Waals surface area contributed by atoms with Gasteiger partial charge in [-0.2, -0.15) is 4.31 Å². The van der Waals surface area contributed by atoms with Crippen LogP contribution < -0.4 is 5.32 Å². The van der Waals surface area contributed by atoms with Gasteiger partial charge in [0.2, 0.25) is 15.9 Å². The van der Waals surface area contributed by atoms with Gasteiger partial charge in [-0.25, -0.2) is 8.42 Å². The van der Waals surface area contributed by atoms with Crippen molar-refractivity contribution in [3.63, 3.8) is 0 Å². The molecule has 0 radical (unpaired) electrons. The lowest BCUT2D eigenvalue weighted by molar-refractivity contribution is -0.120. The number of nitrogens with zero attached hydrogens (tertiary/aromatic N) is 1. The fraction of sp³-hybridized carbons (Fsp3) is 0.381. The molecule has 1 saturated heterocycles. The highest BCUT2D eigenvalue weighted by molar-refractivity contribution is 9.10. The van der Waals surface area contributed by atoms with Crippen LogP contribution >= 0.6 is 15.9 Å². The van der Waals surface area contributed by atoms with Crippen molar-refractivity contribution in [1.82, 2.24) is 4.31 Å². The Kier molecular flexibility index (Phi) is 6.58. The van der Waals surface area contributed by atoms with Crippen LogP contribution in [0.4, 0.5) is 5.69 Å². The van der Waals surface area contributed by atoms with Gasteiger partial charge >= 0.3 is 0 Å². The summed E-state index contributed by atoms with van der Waals surface area (Å²) in [4.78, 5) is 13.2. The van der Waals surface area contributed by atoms with E-state index in [0.717, 1.165) is 27.7 Å². The van der Waals surface area contributed by atoms with Crippen molar-refractivity contribution >= 4 is 37.5 Å². The first kappa shape index (κ1) is 21.0. The highest BCUT2D eigenvalue weighted by atomic mass is 79.9. The van der Waals surface area contributed by atoms with Crippen LogP contribution in [0.1, 0.15) is 30.9 Å². The van der Waals surface area contributed by atoms with Gasteiger partial charge in [-0.1, -0.05) is 41.1 Å². The summed E-state index contributed by atoms with van der Waals surface area (Å²) in [5.74, 6) is -0.479. The molecule has 0 aromatic heterocycles. The van der Waals surface area contributed by atoms with Gasteiger partial charge in [0.15, 0.2) is 0 Å². The van der Waals surface area contributed by atoms with Crippen LogP contribution in [0.2, 0.25) is 0 Å². The Balaban J connectivity index is 1.77. The third kappa shape index (κ3) is 4.47. The number of aryl methyl sites for hydroxylation is 2. The first-order valence-corrected chi connectivity index (χ1v) is 11.7. The molecule has 0 spiro atoms. The van der Waals surface area contributed by atoms with Crippen LogP contribution in [0, 0.1) is 12.8 Å². The van der Waals surface area contributed by atoms with Gasteiger partial charge in [0, 0.05) is 23.2 Å². The first-order valence-electron chi connectivity index (χ1n) is 9.48. The third-order valence-corrected chi connectivity index (χ3v) is 7.48. The van der Waals surface area contributed by atoms with E-state index in [1.807, 2.05) is 26.0 Å². The molecule has 5 nitrogen and oxygen atoms in total. The number of hydrogen-bond donors (Lipinski definition) is 1. The molecule has 1 aliphatic heterocycles. The SMILES string of the molecule is CCc1cc(Br)cc(C)c1NC(=O)[C@@H]1CCCN(S(=O)(=O)c2ccccc2)C1. The highest BCUT2D eigenvalue weighted by Gasteiger charge is 2.33. The number of nitrogens with one attached hydrogen (secondary N) is 1. The summed E-state index contributed by atoms with van der Waals surface area (Å²) in [5.41, 5.74) is 2.88. The van der Waals surface area contributed by atoms with Crippen molar-refractivity contribution in [2.75, 3.05) is 18.4 Å². The number of hydrogen-bond acceptors (Lipinski definition) is 3. The monoisotopic (exact) mass is 464 g/mol. The number of benzene rings is 2. The Morgan fingerprint density at radius 3 is 2.64 bits per heavy atom. The molecule has 28 heavy (non-hydrogen) atoms. The Morgan fingerprint density at radius 2 is 1.96 bits per heavy atom. The van der Waals surface area contributed by atoms with Crippen molar-refractivity contribution in [2.24, 2.45) is 5.92 Å². The van der Waals surface area contributed by atoms with Gasteiger partial charge in [0.25, 0.3) is 0 Å². The lowest BCUT2D eigenvalue weighted by atomic mass is 9.98. The van der Waals surface area contributed by atoms with Gasteiger partial charge in [-0.3, -0.25) is 4.79 Å². The van der Waals surface area contributed by atoms with Gasteiger partial charge in [-0.05, 0) is 61.6 Å². The molecule has 0 aliphatic carbocycles. The van der Waals surface area contributed by atoms with Gasteiger partial charge in [-0.15, -0.1) is 0 Å². The van der Waals surface area contributed by atoms with E-state index in [1.165, 1.54) is 4.31 Å². The topological polar surface area (TPSA) is 66.5 Å². The van der Waals surface area contributed by atoms with Crippen LogP contribution in [-0.4, -0.2) is 31.7 Å². The van der Waals surface area contributed by atoms with Crippen LogP contribution in [-0.2, 0) is 21.2 Å². The molecule has 1 N–H and O–H groups in total. The molecule has 3 rings (SSSR count). The minimum Gasteiger partial charge on any atom is -0.325 e. The van der Waals surface area contributed by atoms with E-state index in [4.69, 9.17) is 0 Å². The summed E-state index contributed by atoms with van der Waals surface area (Å²) in [7, 11) is -3.58. The van der Waals surface area contributed by atoms with Crippen molar-refractivity contribution in [3.05, 3.63) is 58.1 Å². The predicted molar refractivity (Wildman–Crippen MR) is 115 cm³/mol. The molecule has 1 amide bonds. The maximum absolute atomic E-state index is 12.9. The van der Waals surface area contributed by atoms with E-state index in [9.17, 15) is 13.2 Å². The maximum atomic E-state index is 12.9. The number of carbonyl (C=O) groups is 1. The van der Waals surface area contributed by atoms with Crippen molar-refractivity contribution in [2.45, 2.75) is 38.0 Å². The Bertz CT molecular complexity index is 961. The average Bonchev–Trinajstić information content (AvgIpc) is 2.70. The summed E-state index contributed by atoms with van der Waals surface area (Å²) in [6.07, 6.45) is 2.16. The summed E-state index contributed by atoms with van der Waals surface area (Å²) < 4.78 is 28.2. The van der Waals surface area contributed by atoms with Gasteiger partial charge < -0.3 is 5.32 Å². The molecule has 150 valence electrons. The van der Waals surface area contributed by atoms with Crippen LogP contribution in [0.15, 0.2) is 51.8 Å². The van der Waals surface area contributed by atoms with Crippen LogP contribution in [0.3, 0.4) is 0 Å². The molecule has 1 atom stereocenters. The quantitative estimate of drug-likeness (QED) is 0.714. The number of sulfonamides is 1. The molecule has 0 saturated carbocycles. The second kappa shape index (κ2) is 8.76. The van der Waals surface area contributed by atoms with E-state index in [-0.39, 0.29) is 23.3 Å². The zero-order valence-electron chi connectivity index (χ0n) is 16.1. The molecule has 1 fully saturated rings. The normalized spacial score (nSPS) is 18.0. The third-order valence-electron chi connectivity index (χ3n) is 5.15. The number of halogens is 1. The average molecular weight is 465 g/mol. The molecular weight excluding hydrogens is 440 g/mol. The van der Waals surface area contributed by atoms with E-state index in [1.54, 1.807) is 30.3 Å². The predicted octanol–water partition coefficient (Wildman–Crippen LogP) is 4.36. The molecular formula is C21H25BrN2O3S. The summed E-state index contributed by atoms with van der Waals surface area (Å²) in [6, 6.07) is 12.4. The van der Waals surface area contributed by atoms with Crippen molar-refractivity contribution in [3.8, 4) is 0 Å². The van der Waals surface area contributed by atoms with Gasteiger partial charge in [0.1, 0.15) is 0 Å². The van der Waals surface area contributed by atoms with Crippen LogP contribution in [0.25, 0.3) is 0 Å². The smallest absolute Gasteiger partial charge is 0.243 e. The van der Waals surface area contributed by atoms with E-state index in [2.05, 4.69) is 21.2 Å². The van der Waals surface area contributed by atoms with E-state index < -0.39 is 10.0 Å². The second-order valence-corrected chi connectivity index (χ2v) is 9.97. The number of amides is 1. The second-order valence-electron chi connectivity index (χ2n) is 7.11. The fourth-order valence-electron chi connectivity index (χ4n) is 3.61. The molecule has 2 aromatic rings. The summed E-state index contributed by atoms with van der Waals surface area (Å²) >= 11 is 3.50. The van der Waals surface area contributed by atoms with E-state index in [0.29, 0.717) is 19.4 Å². The Hall–Kier alpha value is -1.70. The molecule has 2 aromatic carbocycles. The Labute approximate surface area is 175 Å². The molecule has 0 unspecified atom stereocenters. The number of anilines is 1.